The van der Waals surface area contributed by atoms with E-state index in [2.05, 4.69) is 26.6 Å². The van der Waals surface area contributed by atoms with Crippen molar-refractivity contribution in [3.05, 3.63) is 23.9 Å². The molecule has 0 radical (unpaired) electrons. The molecule has 3 rings (SSSR count). The monoisotopic (exact) mass is 390 g/mol. The fourth-order valence-corrected chi connectivity index (χ4v) is 3.12. The van der Waals surface area contributed by atoms with E-state index in [1.807, 2.05) is 12.3 Å². The number of halogens is 2. The van der Waals surface area contributed by atoms with Gasteiger partial charge in [-0.3, -0.25) is 4.79 Å². The number of hydrogen-bond donors (Lipinski definition) is 2. The van der Waals surface area contributed by atoms with Gasteiger partial charge in [-0.25, -0.2) is 4.98 Å². The first kappa shape index (κ1) is 22.0. The highest BCUT2D eigenvalue weighted by Gasteiger charge is 2.16. The summed E-state index contributed by atoms with van der Waals surface area (Å²) in [7, 11) is 0. The third-order valence-electron chi connectivity index (χ3n) is 4.58. The first-order chi connectivity index (χ1) is 11.3. The minimum atomic E-state index is 0. The number of nitrogens with zero attached hydrogens (tertiary/aromatic N) is 2. The van der Waals surface area contributed by atoms with Crippen LogP contribution in [0.1, 0.15) is 24.8 Å². The molecule has 2 N–H and O–H groups in total. The van der Waals surface area contributed by atoms with E-state index in [9.17, 15) is 4.79 Å². The lowest BCUT2D eigenvalue weighted by atomic mass is 10.0. The summed E-state index contributed by atoms with van der Waals surface area (Å²) in [5, 5.41) is 6.36. The average Bonchev–Trinajstić information content (AvgIpc) is 3.13. The molecule has 2 fully saturated rings. The quantitative estimate of drug-likeness (QED) is 0.774. The second-order valence-electron chi connectivity index (χ2n) is 6.30. The first-order valence-electron chi connectivity index (χ1n) is 8.56. The number of pyridine rings is 1. The highest BCUT2D eigenvalue weighted by Crippen LogP contribution is 2.15. The van der Waals surface area contributed by atoms with E-state index >= 15 is 0 Å². The number of ether oxygens (including phenoxy) is 1. The number of anilines is 1. The average molecular weight is 391 g/mol. The zero-order valence-corrected chi connectivity index (χ0v) is 16.0. The predicted octanol–water partition coefficient (Wildman–Crippen LogP) is 1.77. The van der Waals surface area contributed by atoms with Gasteiger partial charge in [0, 0.05) is 32.3 Å². The van der Waals surface area contributed by atoms with Gasteiger partial charge < -0.3 is 20.3 Å². The SMILES string of the molecule is Cl.Cl.O=C(CCC1CCNC1)NCc1ccnc(N2CCOCC2)c1. The summed E-state index contributed by atoms with van der Waals surface area (Å²) in [5.41, 5.74) is 1.09. The van der Waals surface area contributed by atoms with Crippen LogP contribution in [0, 0.1) is 5.92 Å². The van der Waals surface area contributed by atoms with Crippen molar-refractivity contribution in [3.63, 3.8) is 0 Å². The fourth-order valence-electron chi connectivity index (χ4n) is 3.12. The number of carbonyl (C=O) groups is 1. The molecule has 0 saturated carbocycles. The Hall–Kier alpha value is -1.08. The minimum absolute atomic E-state index is 0. The van der Waals surface area contributed by atoms with Gasteiger partial charge >= 0.3 is 0 Å². The van der Waals surface area contributed by atoms with Crippen LogP contribution < -0.4 is 15.5 Å². The summed E-state index contributed by atoms with van der Waals surface area (Å²) < 4.78 is 5.37. The molecule has 2 aliphatic rings. The number of rotatable bonds is 6. The van der Waals surface area contributed by atoms with Crippen molar-refractivity contribution in [2.75, 3.05) is 44.3 Å². The molecule has 2 saturated heterocycles. The van der Waals surface area contributed by atoms with E-state index in [1.54, 1.807) is 0 Å². The van der Waals surface area contributed by atoms with Crippen LogP contribution in [0.5, 0.6) is 0 Å². The van der Waals surface area contributed by atoms with Crippen LogP contribution in [0.4, 0.5) is 5.82 Å². The third kappa shape index (κ3) is 6.98. The van der Waals surface area contributed by atoms with Gasteiger partial charge in [0.25, 0.3) is 0 Å². The Bertz CT molecular complexity index is 521. The zero-order chi connectivity index (χ0) is 15.9. The lowest BCUT2D eigenvalue weighted by Crippen LogP contribution is -2.36. The number of carbonyl (C=O) groups excluding carboxylic acids is 1. The van der Waals surface area contributed by atoms with Crippen molar-refractivity contribution in [2.24, 2.45) is 5.92 Å². The van der Waals surface area contributed by atoms with E-state index in [0.717, 1.165) is 57.2 Å². The van der Waals surface area contributed by atoms with Crippen LogP contribution in [0.25, 0.3) is 0 Å². The molecule has 0 bridgehead atoms. The summed E-state index contributed by atoms with van der Waals surface area (Å²) in [4.78, 5) is 18.6. The molecule has 1 amide bonds. The molecule has 25 heavy (non-hydrogen) atoms. The van der Waals surface area contributed by atoms with E-state index in [-0.39, 0.29) is 30.7 Å². The van der Waals surface area contributed by atoms with Gasteiger partial charge in [0.05, 0.1) is 13.2 Å². The van der Waals surface area contributed by atoms with Crippen molar-refractivity contribution in [1.29, 1.82) is 0 Å². The molecule has 0 aliphatic carbocycles. The van der Waals surface area contributed by atoms with Gasteiger partial charge in [0.2, 0.25) is 5.91 Å². The van der Waals surface area contributed by atoms with Crippen molar-refractivity contribution in [1.82, 2.24) is 15.6 Å². The normalized spacial score (nSPS) is 19.7. The van der Waals surface area contributed by atoms with Gasteiger partial charge in [-0.05, 0) is 49.5 Å². The van der Waals surface area contributed by atoms with Crippen molar-refractivity contribution < 1.29 is 9.53 Å². The Balaban J connectivity index is 0.00000156. The van der Waals surface area contributed by atoms with Crippen molar-refractivity contribution in [2.45, 2.75) is 25.8 Å². The Morgan fingerprint density at radius 3 is 2.88 bits per heavy atom. The summed E-state index contributed by atoms with van der Waals surface area (Å²) >= 11 is 0. The van der Waals surface area contributed by atoms with Gasteiger partial charge in [-0.2, -0.15) is 0 Å². The lowest BCUT2D eigenvalue weighted by Gasteiger charge is -2.28. The van der Waals surface area contributed by atoms with Crippen LogP contribution >= 0.6 is 24.8 Å². The molecule has 0 aromatic carbocycles. The van der Waals surface area contributed by atoms with Crippen molar-refractivity contribution >= 4 is 36.5 Å². The maximum atomic E-state index is 12.0. The molecule has 1 aromatic rings. The molecule has 2 aliphatic heterocycles. The number of morpholine rings is 1. The third-order valence-corrected chi connectivity index (χ3v) is 4.58. The summed E-state index contributed by atoms with van der Waals surface area (Å²) in [6.45, 7) is 5.96. The summed E-state index contributed by atoms with van der Waals surface area (Å²) in [6.07, 6.45) is 4.61. The molecular weight excluding hydrogens is 363 g/mol. The summed E-state index contributed by atoms with van der Waals surface area (Å²) in [6, 6.07) is 4.03. The summed E-state index contributed by atoms with van der Waals surface area (Å²) in [5.74, 6) is 1.77. The molecule has 1 atom stereocenters. The van der Waals surface area contributed by atoms with Crippen LogP contribution in [0.3, 0.4) is 0 Å². The van der Waals surface area contributed by atoms with Gasteiger partial charge in [-0.1, -0.05) is 0 Å². The molecular formula is C17H28Cl2N4O2. The van der Waals surface area contributed by atoms with Crippen LogP contribution in [-0.2, 0) is 16.1 Å². The van der Waals surface area contributed by atoms with Crippen LogP contribution in [0.2, 0.25) is 0 Å². The van der Waals surface area contributed by atoms with E-state index in [0.29, 0.717) is 18.9 Å². The largest absolute Gasteiger partial charge is 0.378 e. The first-order valence-corrected chi connectivity index (χ1v) is 8.56. The van der Waals surface area contributed by atoms with E-state index in [1.165, 1.54) is 6.42 Å². The topological polar surface area (TPSA) is 66.5 Å². The standard InChI is InChI=1S/C17H26N4O2.2ClH/c22-17(2-1-14-3-5-18-12-14)20-13-15-4-6-19-16(11-15)21-7-9-23-10-8-21;;/h4,6,11,14,18H,1-3,5,7-10,12-13H2,(H,20,22);2*1H. The molecule has 3 heterocycles. The molecule has 8 heteroatoms. The molecule has 142 valence electrons. The number of hydrogen-bond acceptors (Lipinski definition) is 5. The second kappa shape index (κ2) is 11.5. The predicted molar refractivity (Wildman–Crippen MR) is 104 cm³/mol. The Kier molecular flexibility index (Phi) is 10.1. The Labute approximate surface area is 161 Å². The zero-order valence-electron chi connectivity index (χ0n) is 14.4. The highest BCUT2D eigenvalue weighted by molar-refractivity contribution is 5.85. The smallest absolute Gasteiger partial charge is 0.220 e. The molecule has 6 nitrogen and oxygen atoms in total. The molecule has 0 spiro atoms. The number of amides is 1. The van der Waals surface area contributed by atoms with Crippen LogP contribution in [0.15, 0.2) is 18.3 Å². The lowest BCUT2D eigenvalue weighted by molar-refractivity contribution is -0.121. The molecule has 1 unspecified atom stereocenters. The van der Waals surface area contributed by atoms with Gasteiger partial charge in [0.1, 0.15) is 5.82 Å². The maximum Gasteiger partial charge on any atom is 0.220 e. The minimum Gasteiger partial charge on any atom is -0.378 e. The Morgan fingerprint density at radius 2 is 2.16 bits per heavy atom. The van der Waals surface area contributed by atoms with Crippen molar-refractivity contribution in [3.8, 4) is 0 Å². The fraction of sp³-hybridized carbons (Fsp3) is 0.647. The van der Waals surface area contributed by atoms with Crippen LogP contribution in [-0.4, -0.2) is 50.3 Å². The van der Waals surface area contributed by atoms with E-state index in [4.69, 9.17) is 4.74 Å². The number of aromatic nitrogens is 1. The molecule has 1 aromatic heterocycles. The second-order valence-corrected chi connectivity index (χ2v) is 6.30. The number of nitrogens with one attached hydrogen (secondary N) is 2. The Morgan fingerprint density at radius 1 is 1.36 bits per heavy atom. The maximum absolute atomic E-state index is 12.0. The van der Waals surface area contributed by atoms with E-state index < -0.39 is 0 Å². The van der Waals surface area contributed by atoms with Gasteiger partial charge in [-0.15, -0.1) is 24.8 Å². The van der Waals surface area contributed by atoms with Gasteiger partial charge in [0.15, 0.2) is 0 Å². The highest BCUT2D eigenvalue weighted by atomic mass is 35.5.